The summed E-state index contributed by atoms with van der Waals surface area (Å²) in [6, 6.07) is 14.0. The number of hydrogen-bond acceptors (Lipinski definition) is 3. The molecule has 158 valence electrons. The molecule has 2 aromatic carbocycles. The average Bonchev–Trinajstić information content (AvgIpc) is 3.17. The third-order valence-corrected chi connectivity index (χ3v) is 5.41. The third kappa shape index (κ3) is 4.50. The van der Waals surface area contributed by atoms with Crippen LogP contribution in [0.25, 0.3) is 12.2 Å². The monoisotopic (exact) mass is 416 g/mol. The molecule has 3 N–H and O–H groups in total. The minimum Gasteiger partial charge on any atom is -0.335 e. The molecule has 0 aliphatic carbocycles. The van der Waals surface area contributed by atoms with E-state index in [1.807, 2.05) is 48.6 Å². The largest absolute Gasteiger partial charge is 0.335 e. The highest BCUT2D eigenvalue weighted by molar-refractivity contribution is 6.10. The van der Waals surface area contributed by atoms with Crippen LogP contribution >= 0.6 is 0 Å². The SMILES string of the molecule is C=CCNC(=O)N[C@H]1C[C@H]2C(=O)Nc3ccc(/C=C/c4ccccc4)cc3C(=O)N2C1. The minimum atomic E-state index is -0.618. The summed E-state index contributed by atoms with van der Waals surface area (Å²) in [5, 5.41) is 8.34. The molecule has 31 heavy (non-hydrogen) atoms. The van der Waals surface area contributed by atoms with Gasteiger partial charge in [0.2, 0.25) is 5.91 Å². The highest BCUT2D eigenvalue weighted by atomic mass is 16.2. The first-order chi connectivity index (χ1) is 15.0. The maximum absolute atomic E-state index is 13.3. The highest BCUT2D eigenvalue weighted by Crippen LogP contribution is 2.30. The van der Waals surface area contributed by atoms with E-state index in [2.05, 4.69) is 22.5 Å². The summed E-state index contributed by atoms with van der Waals surface area (Å²) in [6.07, 6.45) is 5.86. The van der Waals surface area contributed by atoms with Gasteiger partial charge in [-0.15, -0.1) is 6.58 Å². The zero-order valence-electron chi connectivity index (χ0n) is 17.0. The summed E-state index contributed by atoms with van der Waals surface area (Å²) >= 11 is 0. The van der Waals surface area contributed by atoms with E-state index >= 15 is 0 Å². The van der Waals surface area contributed by atoms with Crippen LogP contribution in [0.2, 0.25) is 0 Å². The number of anilines is 1. The van der Waals surface area contributed by atoms with Crippen molar-refractivity contribution in [2.75, 3.05) is 18.4 Å². The molecule has 7 nitrogen and oxygen atoms in total. The molecule has 0 saturated carbocycles. The van der Waals surface area contributed by atoms with Gasteiger partial charge in [0.25, 0.3) is 5.91 Å². The Bertz CT molecular complexity index is 1050. The number of benzene rings is 2. The smallest absolute Gasteiger partial charge is 0.315 e. The number of nitrogens with zero attached hydrogens (tertiary/aromatic N) is 1. The summed E-state index contributed by atoms with van der Waals surface area (Å²) < 4.78 is 0. The van der Waals surface area contributed by atoms with Gasteiger partial charge in [-0.3, -0.25) is 9.59 Å². The van der Waals surface area contributed by atoms with Gasteiger partial charge in [-0.2, -0.15) is 0 Å². The number of hydrogen-bond donors (Lipinski definition) is 3. The summed E-state index contributed by atoms with van der Waals surface area (Å²) in [7, 11) is 0. The quantitative estimate of drug-likeness (QED) is 0.517. The van der Waals surface area contributed by atoms with Crippen LogP contribution in [0.1, 0.15) is 27.9 Å². The van der Waals surface area contributed by atoms with Crippen molar-refractivity contribution >= 4 is 35.7 Å². The fourth-order valence-electron chi connectivity index (χ4n) is 3.89. The molecule has 2 atom stereocenters. The Hall–Kier alpha value is -3.87. The molecule has 2 aliphatic rings. The molecule has 4 rings (SSSR count). The van der Waals surface area contributed by atoms with Crippen molar-refractivity contribution in [3.63, 3.8) is 0 Å². The Morgan fingerprint density at radius 2 is 1.90 bits per heavy atom. The van der Waals surface area contributed by atoms with Crippen LogP contribution in [0.15, 0.2) is 61.2 Å². The molecule has 4 amide bonds. The predicted molar refractivity (Wildman–Crippen MR) is 120 cm³/mol. The highest BCUT2D eigenvalue weighted by Gasteiger charge is 2.43. The summed E-state index contributed by atoms with van der Waals surface area (Å²) in [5.41, 5.74) is 2.87. The number of urea groups is 1. The molecule has 0 radical (unpaired) electrons. The third-order valence-electron chi connectivity index (χ3n) is 5.41. The number of rotatable bonds is 5. The lowest BCUT2D eigenvalue weighted by Gasteiger charge is -2.20. The summed E-state index contributed by atoms with van der Waals surface area (Å²) in [4.78, 5) is 39.5. The first kappa shape index (κ1) is 20.4. The van der Waals surface area contributed by atoms with Gasteiger partial charge in [0.1, 0.15) is 6.04 Å². The molecule has 0 bridgehead atoms. The number of carbonyl (C=O) groups excluding carboxylic acids is 3. The molecular weight excluding hydrogens is 392 g/mol. The van der Waals surface area contributed by atoms with Gasteiger partial charge >= 0.3 is 6.03 Å². The molecule has 0 aromatic heterocycles. The Morgan fingerprint density at radius 3 is 2.68 bits per heavy atom. The summed E-state index contributed by atoms with van der Waals surface area (Å²) in [6.45, 7) is 4.18. The minimum absolute atomic E-state index is 0.218. The van der Waals surface area contributed by atoms with Crippen LogP contribution in [0.3, 0.4) is 0 Å². The molecule has 2 aromatic rings. The van der Waals surface area contributed by atoms with Crippen LogP contribution in [0, 0.1) is 0 Å². The Balaban J connectivity index is 1.53. The van der Waals surface area contributed by atoms with Gasteiger partial charge < -0.3 is 20.9 Å². The van der Waals surface area contributed by atoms with E-state index in [1.54, 1.807) is 23.1 Å². The van der Waals surface area contributed by atoms with E-state index in [0.717, 1.165) is 11.1 Å². The maximum Gasteiger partial charge on any atom is 0.315 e. The fraction of sp³-hybridized carbons (Fsp3) is 0.208. The standard InChI is InChI=1S/C24H24N4O3/c1-2-12-25-24(31)26-18-14-21-22(29)27-20-11-10-17(9-8-16-6-4-3-5-7-16)13-19(20)23(30)28(21)15-18/h2-11,13,18,21H,1,12,14-15H2,(H,27,29)(H2,25,26,31)/b9-8+/t18-,21-/m0/s1. The fourth-order valence-corrected chi connectivity index (χ4v) is 3.89. The topological polar surface area (TPSA) is 90.5 Å². The van der Waals surface area contributed by atoms with Crippen molar-refractivity contribution in [3.05, 3.63) is 77.9 Å². The first-order valence-corrected chi connectivity index (χ1v) is 10.2. The second kappa shape index (κ2) is 8.87. The first-order valence-electron chi connectivity index (χ1n) is 10.2. The summed E-state index contributed by atoms with van der Waals surface area (Å²) in [5.74, 6) is -0.459. The van der Waals surface area contributed by atoms with E-state index in [-0.39, 0.29) is 30.4 Å². The van der Waals surface area contributed by atoms with Crippen LogP contribution < -0.4 is 16.0 Å². The lowest BCUT2D eigenvalue weighted by Crippen LogP contribution is -2.44. The van der Waals surface area contributed by atoms with Gasteiger partial charge in [-0.25, -0.2) is 4.79 Å². The van der Waals surface area contributed by atoms with Crippen molar-refractivity contribution in [1.29, 1.82) is 0 Å². The Labute approximate surface area is 180 Å². The van der Waals surface area contributed by atoms with E-state index in [9.17, 15) is 14.4 Å². The second-order valence-electron chi connectivity index (χ2n) is 7.59. The number of fused-ring (bicyclic) bond motifs is 2. The van der Waals surface area contributed by atoms with Crippen molar-refractivity contribution in [3.8, 4) is 0 Å². The van der Waals surface area contributed by atoms with Crippen LogP contribution in [0.4, 0.5) is 10.5 Å². The number of carbonyl (C=O) groups is 3. The Morgan fingerprint density at radius 1 is 1.13 bits per heavy atom. The van der Waals surface area contributed by atoms with Crippen molar-refractivity contribution in [2.24, 2.45) is 0 Å². The molecule has 0 unspecified atom stereocenters. The lowest BCUT2D eigenvalue weighted by atomic mass is 10.1. The zero-order chi connectivity index (χ0) is 21.8. The van der Waals surface area contributed by atoms with E-state index in [4.69, 9.17) is 0 Å². The van der Waals surface area contributed by atoms with Gasteiger partial charge in [0.05, 0.1) is 17.3 Å². The van der Waals surface area contributed by atoms with Crippen molar-refractivity contribution in [2.45, 2.75) is 18.5 Å². The van der Waals surface area contributed by atoms with Gasteiger partial charge in [0, 0.05) is 13.1 Å². The van der Waals surface area contributed by atoms with E-state index < -0.39 is 6.04 Å². The van der Waals surface area contributed by atoms with Gasteiger partial charge in [-0.1, -0.05) is 54.6 Å². The van der Waals surface area contributed by atoms with Crippen molar-refractivity contribution < 1.29 is 14.4 Å². The van der Waals surface area contributed by atoms with E-state index in [0.29, 0.717) is 24.2 Å². The molecule has 7 heteroatoms. The van der Waals surface area contributed by atoms with Crippen molar-refractivity contribution in [1.82, 2.24) is 15.5 Å². The Kier molecular flexibility index (Phi) is 5.84. The molecule has 1 fully saturated rings. The second-order valence-corrected chi connectivity index (χ2v) is 7.59. The zero-order valence-corrected chi connectivity index (χ0v) is 17.0. The molecular formula is C24H24N4O3. The molecule has 1 saturated heterocycles. The maximum atomic E-state index is 13.3. The lowest BCUT2D eigenvalue weighted by molar-refractivity contribution is -0.119. The predicted octanol–water partition coefficient (Wildman–Crippen LogP) is 2.88. The molecule has 2 aliphatic heterocycles. The van der Waals surface area contributed by atoms with Crippen LogP contribution in [0.5, 0.6) is 0 Å². The van der Waals surface area contributed by atoms with E-state index in [1.165, 1.54) is 0 Å². The van der Waals surface area contributed by atoms with Gasteiger partial charge in [0.15, 0.2) is 0 Å². The number of amides is 4. The number of nitrogens with one attached hydrogen (secondary N) is 3. The molecule has 2 heterocycles. The average molecular weight is 416 g/mol. The normalized spacial score (nSPS) is 19.9. The molecule has 0 spiro atoms. The van der Waals surface area contributed by atoms with Crippen LogP contribution in [-0.2, 0) is 4.79 Å². The van der Waals surface area contributed by atoms with Crippen LogP contribution in [-0.4, -0.2) is 47.9 Å². The van der Waals surface area contributed by atoms with Gasteiger partial charge in [-0.05, 0) is 29.7 Å².